The van der Waals surface area contributed by atoms with Crippen LogP contribution in [0.5, 0.6) is 0 Å². The maximum atomic E-state index is 13.4. The maximum absolute atomic E-state index is 13.4. The van der Waals surface area contributed by atoms with E-state index in [1.807, 2.05) is 19.9 Å². The van der Waals surface area contributed by atoms with E-state index >= 15 is 0 Å². The summed E-state index contributed by atoms with van der Waals surface area (Å²) in [4.78, 5) is 24.2. The van der Waals surface area contributed by atoms with Crippen molar-refractivity contribution >= 4 is 21.6 Å². The number of nitrogens with two attached hydrogens (primary N) is 1. The topological polar surface area (TPSA) is 124 Å². The molecule has 1 amide bonds. The van der Waals surface area contributed by atoms with Crippen molar-refractivity contribution < 1.29 is 13.2 Å². The zero-order chi connectivity index (χ0) is 24.5. The van der Waals surface area contributed by atoms with Crippen molar-refractivity contribution in [3.05, 3.63) is 75.1 Å². The number of nitrogens with zero attached hydrogens (tertiary/aromatic N) is 2. The highest BCUT2D eigenvalue weighted by atomic mass is 32.2. The van der Waals surface area contributed by atoms with Gasteiger partial charge >= 0.3 is 0 Å². The highest BCUT2D eigenvalue weighted by molar-refractivity contribution is 7.92. The monoisotopic (exact) mass is 480 g/mol. The molecule has 0 spiro atoms. The van der Waals surface area contributed by atoms with E-state index in [1.165, 1.54) is 28.9 Å². The van der Waals surface area contributed by atoms with Crippen molar-refractivity contribution in [1.29, 1.82) is 0 Å². The zero-order valence-electron chi connectivity index (χ0n) is 19.3. The Kier molecular flexibility index (Phi) is 6.56. The van der Waals surface area contributed by atoms with Crippen LogP contribution in [0.25, 0.3) is 11.3 Å². The molecule has 0 saturated heterocycles. The van der Waals surface area contributed by atoms with Gasteiger partial charge in [-0.1, -0.05) is 19.1 Å². The van der Waals surface area contributed by atoms with Crippen LogP contribution in [0.15, 0.2) is 52.2 Å². The van der Waals surface area contributed by atoms with E-state index < -0.39 is 15.9 Å². The molecule has 0 aliphatic heterocycles. The van der Waals surface area contributed by atoms with E-state index in [0.717, 1.165) is 30.4 Å². The van der Waals surface area contributed by atoms with Gasteiger partial charge in [0.2, 0.25) is 5.91 Å². The second-order valence-electron chi connectivity index (χ2n) is 8.36. The molecule has 3 N–H and O–H groups in total. The van der Waals surface area contributed by atoms with E-state index in [1.54, 1.807) is 12.1 Å². The van der Waals surface area contributed by atoms with E-state index in [-0.39, 0.29) is 10.5 Å². The summed E-state index contributed by atoms with van der Waals surface area (Å²) in [6.45, 7) is 4.21. The molecular formula is C25H28N4O4S. The number of aryl methyl sites for hydroxylation is 2. The quantitative estimate of drug-likeness (QED) is 0.537. The number of anilines is 1. The van der Waals surface area contributed by atoms with Crippen LogP contribution in [-0.2, 0) is 35.8 Å². The Morgan fingerprint density at radius 1 is 1.06 bits per heavy atom. The number of rotatable bonds is 7. The molecule has 0 saturated carbocycles. The lowest BCUT2D eigenvalue weighted by Gasteiger charge is -2.21. The lowest BCUT2D eigenvalue weighted by molar-refractivity contribution is 0.100. The first-order chi connectivity index (χ1) is 16.2. The van der Waals surface area contributed by atoms with Crippen molar-refractivity contribution in [3.63, 3.8) is 0 Å². The molecule has 0 atom stereocenters. The Labute approximate surface area is 198 Å². The van der Waals surface area contributed by atoms with Crippen molar-refractivity contribution in [2.24, 2.45) is 5.73 Å². The third-order valence-corrected chi connectivity index (χ3v) is 7.66. The van der Waals surface area contributed by atoms with E-state index in [4.69, 9.17) is 5.73 Å². The molecule has 2 aromatic carbocycles. The van der Waals surface area contributed by atoms with Gasteiger partial charge in [0.05, 0.1) is 10.6 Å². The minimum atomic E-state index is -3.93. The van der Waals surface area contributed by atoms with Gasteiger partial charge in [-0.2, -0.15) is 5.10 Å². The number of aromatic nitrogens is 2. The molecule has 1 aliphatic rings. The Morgan fingerprint density at radius 3 is 2.35 bits per heavy atom. The summed E-state index contributed by atoms with van der Waals surface area (Å²) in [5.74, 6) is -0.584. The fourth-order valence-electron chi connectivity index (χ4n) is 4.39. The lowest BCUT2D eigenvalue weighted by Crippen LogP contribution is -2.30. The Morgan fingerprint density at radius 2 is 1.74 bits per heavy atom. The molecule has 0 bridgehead atoms. The molecule has 0 unspecified atom stereocenters. The van der Waals surface area contributed by atoms with Gasteiger partial charge in [-0.3, -0.25) is 14.3 Å². The van der Waals surface area contributed by atoms with Gasteiger partial charge in [0, 0.05) is 28.9 Å². The molecule has 3 aromatic rings. The third kappa shape index (κ3) is 4.48. The van der Waals surface area contributed by atoms with Crippen LogP contribution in [0, 0.1) is 0 Å². The second-order valence-corrected chi connectivity index (χ2v) is 10.0. The molecule has 1 heterocycles. The Balaban J connectivity index is 1.80. The van der Waals surface area contributed by atoms with Gasteiger partial charge in [-0.25, -0.2) is 13.1 Å². The fraction of sp³-hybridized carbons (Fsp3) is 0.320. The molecule has 0 radical (unpaired) electrons. The first kappa shape index (κ1) is 23.7. The highest BCUT2D eigenvalue weighted by Gasteiger charge is 2.24. The van der Waals surface area contributed by atoms with Gasteiger partial charge in [-0.15, -0.1) is 0 Å². The van der Waals surface area contributed by atoms with Crippen LogP contribution in [0.3, 0.4) is 0 Å². The summed E-state index contributed by atoms with van der Waals surface area (Å²) < 4.78 is 30.8. The average molecular weight is 481 g/mol. The van der Waals surface area contributed by atoms with Crippen molar-refractivity contribution in [2.45, 2.75) is 57.4 Å². The lowest BCUT2D eigenvalue weighted by atomic mass is 9.89. The van der Waals surface area contributed by atoms with Gasteiger partial charge in [-0.05, 0) is 80.5 Å². The molecule has 0 fully saturated rings. The normalized spacial score (nSPS) is 13.4. The molecule has 8 nitrogen and oxygen atoms in total. The van der Waals surface area contributed by atoms with Crippen LogP contribution in [0.1, 0.15) is 53.7 Å². The smallest absolute Gasteiger partial charge is 0.270 e. The summed E-state index contributed by atoms with van der Waals surface area (Å²) in [6, 6.07) is 11.3. The Bertz CT molecular complexity index is 1410. The fourth-order valence-corrected chi connectivity index (χ4v) is 5.78. The number of hydrogen-bond acceptors (Lipinski definition) is 5. The highest BCUT2D eigenvalue weighted by Crippen LogP contribution is 2.31. The van der Waals surface area contributed by atoms with Crippen LogP contribution in [-0.4, -0.2) is 24.1 Å². The molecule has 1 aliphatic carbocycles. The molecule has 9 heteroatoms. The maximum Gasteiger partial charge on any atom is 0.270 e. The van der Waals surface area contributed by atoms with E-state index in [2.05, 4.69) is 9.82 Å². The number of hydrogen-bond donors (Lipinski definition) is 2. The van der Waals surface area contributed by atoms with E-state index in [0.29, 0.717) is 47.5 Å². The van der Waals surface area contributed by atoms with Crippen LogP contribution >= 0.6 is 0 Å². The molecule has 34 heavy (non-hydrogen) atoms. The van der Waals surface area contributed by atoms with Gasteiger partial charge in [0.15, 0.2) is 0 Å². The van der Waals surface area contributed by atoms with Crippen molar-refractivity contribution in [2.75, 3.05) is 4.72 Å². The molecule has 178 valence electrons. The summed E-state index contributed by atoms with van der Waals surface area (Å²) in [6.07, 6.45) is 3.92. The van der Waals surface area contributed by atoms with Gasteiger partial charge in [0.1, 0.15) is 0 Å². The standard InChI is InChI=1S/C25H28N4O4S/c1-3-16-9-10-18(23-20-7-5-6-8-21(20)25(31)29(4-2)27-23)15-22(16)34(32,33)28-19-13-11-17(12-14-19)24(26)30/h9-15,28H,3-8H2,1-2H3,(H2,26,30). The number of sulfonamides is 1. The summed E-state index contributed by atoms with van der Waals surface area (Å²) in [5.41, 5.74) is 9.54. The number of amides is 1. The third-order valence-electron chi connectivity index (χ3n) is 6.20. The van der Waals surface area contributed by atoms with Crippen LogP contribution in [0.2, 0.25) is 0 Å². The number of fused-ring (bicyclic) bond motifs is 1. The van der Waals surface area contributed by atoms with Crippen LogP contribution in [0.4, 0.5) is 5.69 Å². The zero-order valence-corrected chi connectivity index (χ0v) is 20.1. The minimum absolute atomic E-state index is 0.0555. The predicted molar refractivity (Wildman–Crippen MR) is 131 cm³/mol. The Hall–Kier alpha value is -3.46. The minimum Gasteiger partial charge on any atom is -0.366 e. The number of carbonyl (C=O) groups excluding carboxylic acids is 1. The summed E-state index contributed by atoms with van der Waals surface area (Å²) in [7, 11) is -3.93. The second kappa shape index (κ2) is 9.42. The molecule has 4 rings (SSSR count). The number of benzene rings is 2. The average Bonchev–Trinajstić information content (AvgIpc) is 2.84. The molecular weight excluding hydrogens is 452 g/mol. The predicted octanol–water partition coefficient (Wildman–Crippen LogP) is 3.27. The summed E-state index contributed by atoms with van der Waals surface area (Å²) in [5, 5.41) is 4.61. The van der Waals surface area contributed by atoms with E-state index in [9.17, 15) is 18.0 Å². The first-order valence-electron chi connectivity index (χ1n) is 11.4. The number of nitrogens with one attached hydrogen (secondary N) is 1. The van der Waals surface area contributed by atoms with Crippen LogP contribution < -0.4 is 16.0 Å². The van der Waals surface area contributed by atoms with Gasteiger partial charge < -0.3 is 5.73 Å². The largest absolute Gasteiger partial charge is 0.366 e. The van der Waals surface area contributed by atoms with Crippen molar-refractivity contribution in [3.8, 4) is 11.3 Å². The first-order valence-corrected chi connectivity index (χ1v) is 12.9. The molecule has 1 aromatic heterocycles. The SMILES string of the molecule is CCc1ccc(-c2nn(CC)c(=O)c3c2CCCC3)cc1S(=O)(=O)Nc1ccc(C(N)=O)cc1. The van der Waals surface area contributed by atoms with Gasteiger partial charge in [0.25, 0.3) is 15.6 Å². The number of carbonyl (C=O) groups is 1. The number of primary amides is 1. The van der Waals surface area contributed by atoms with Crippen molar-refractivity contribution in [1.82, 2.24) is 9.78 Å². The summed E-state index contributed by atoms with van der Waals surface area (Å²) >= 11 is 0.